The maximum atomic E-state index is 12.1. The first-order chi connectivity index (χ1) is 9.01. The van der Waals surface area contributed by atoms with Gasteiger partial charge in [-0.1, -0.05) is 13.8 Å². The van der Waals surface area contributed by atoms with Gasteiger partial charge in [0, 0.05) is 13.0 Å². The first kappa shape index (κ1) is 15.5. The lowest BCUT2D eigenvalue weighted by Crippen LogP contribution is -2.54. The van der Waals surface area contributed by atoms with Crippen LogP contribution in [0.2, 0.25) is 0 Å². The standard InChI is InChI=1S/C13H22N2O4/c1-3-9(13(18)19)14-12(17)10-7-5-6-8-15(10)11(16)4-2/h9-10H,3-8H2,1-2H3,(H,14,17)(H,18,19). The molecule has 0 saturated carbocycles. The van der Waals surface area contributed by atoms with Crippen LogP contribution in [-0.2, 0) is 14.4 Å². The number of carboxylic acids is 1. The number of nitrogens with one attached hydrogen (secondary N) is 1. The van der Waals surface area contributed by atoms with Gasteiger partial charge in [0.25, 0.3) is 0 Å². The third-order valence-electron chi connectivity index (χ3n) is 3.45. The minimum atomic E-state index is -1.04. The summed E-state index contributed by atoms with van der Waals surface area (Å²) in [4.78, 5) is 36.4. The quantitative estimate of drug-likeness (QED) is 0.772. The van der Waals surface area contributed by atoms with Crippen LogP contribution in [0.1, 0.15) is 46.0 Å². The summed E-state index contributed by atoms with van der Waals surface area (Å²) >= 11 is 0. The molecule has 1 aliphatic heterocycles. The van der Waals surface area contributed by atoms with Gasteiger partial charge in [0.15, 0.2) is 0 Å². The molecule has 0 aliphatic carbocycles. The third-order valence-corrected chi connectivity index (χ3v) is 3.45. The number of hydrogen-bond donors (Lipinski definition) is 2. The van der Waals surface area contributed by atoms with Crippen molar-refractivity contribution in [2.24, 2.45) is 0 Å². The van der Waals surface area contributed by atoms with Crippen molar-refractivity contribution in [3.63, 3.8) is 0 Å². The third kappa shape index (κ3) is 3.94. The number of nitrogens with zero attached hydrogens (tertiary/aromatic N) is 1. The average molecular weight is 270 g/mol. The van der Waals surface area contributed by atoms with Gasteiger partial charge in [0.05, 0.1) is 0 Å². The van der Waals surface area contributed by atoms with Crippen LogP contribution in [0.5, 0.6) is 0 Å². The molecule has 0 radical (unpaired) electrons. The van der Waals surface area contributed by atoms with Crippen LogP contribution in [0.25, 0.3) is 0 Å². The lowest BCUT2D eigenvalue weighted by Gasteiger charge is -2.35. The number of likely N-dealkylation sites (tertiary alicyclic amines) is 1. The van der Waals surface area contributed by atoms with Crippen molar-refractivity contribution in [3.05, 3.63) is 0 Å². The van der Waals surface area contributed by atoms with E-state index < -0.39 is 18.1 Å². The monoisotopic (exact) mass is 270 g/mol. The summed E-state index contributed by atoms with van der Waals surface area (Å²) in [6, 6.07) is -1.40. The second-order valence-electron chi connectivity index (χ2n) is 4.76. The number of rotatable bonds is 5. The van der Waals surface area contributed by atoms with Gasteiger partial charge in [-0.15, -0.1) is 0 Å². The number of carbonyl (C=O) groups is 3. The Morgan fingerprint density at radius 1 is 1.32 bits per heavy atom. The molecule has 1 aliphatic rings. The van der Waals surface area contributed by atoms with E-state index in [9.17, 15) is 14.4 Å². The lowest BCUT2D eigenvalue weighted by atomic mass is 10.0. The van der Waals surface area contributed by atoms with E-state index in [0.29, 0.717) is 25.8 Å². The summed E-state index contributed by atoms with van der Waals surface area (Å²) in [5.74, 6) is -1.45. The molecule has 0 aromatic heterocycles. The molecule has 2 amide bonds. The van der Waals surface area contributed by atoms with Gasteiger partial charge >= 0.3 is 5.97 Å². The molecule has 0 bridgehead atoms. The van der Waals surface area contributed by atoms with Crippen molar-refractivity contribution in [1.29, 1.82) is 0 Å². The summed E-state index contributed by atoms with van der Waals surface area (Å²) in [6.07, 6.45) is 3.07. The molecule has 0 aromatic rings. The summed E-state index contributed by atoms with van der Waals surface area (Å²) in [5.41, 5.74) is 0. The SMILES string of the molecule is CCC(=O)N1CCCCC1C(=O)NC(CC)C(=O)O. The molecule has 6 nitrogen and oxygen atoms in total. The minimum Gasteiger partial charge on any atom is -0.480 e. The van der Waals surface area contributed by atoms with Gasteiger partial charge in [-0.3, -0.25) is 9.59 Å². The Kier molecular flexibility index (Phi) is 5.79. The van der Waals surface area contributed by atoms with Crippen molar-refractivity contribution in [3.8, 4) is 0 Å². The van der Waals surface area contributed by atoms with E-state index in [1.54, 1.807) is 18.7 Å². The van der Waals surface area contributed by atoms with Crippen LogP contribution in [0, 0.1) is 0 Å². The Hall–Kier alpha value is -1.59. The Morgan fingerprint density at radius 2 is 2.00 bits per heavy atom. The maximum Gasteiger partial charge on any atom is 0.326 e. The fraction of sp³-hybridized carbons (Fsp3) is 0.769. The molecule has 108 valence electrons. The molecule has 2 N–H and O–H groups in total. The minimum absolute atomic E-state index is 0.0526. The van der Waals surface area contributed by atoms with Crippen molar-refractivity contribution in [1.82, 2.24) is 10.2 Å². The zero-order valence-electron chi connectivity index (χ0n) is 11.5. The zero-order chi connectivity index (χ0) is 14.4. The Balaban J connectivity index is 2.71. The average Bonchev–Trinajstić information content (AvgIpc) is 2.43. The predicted molar refractivity (Wildman–Crippen MR) is 69.5 cm³/mol. The fourth-order valence-corrected chi connectivity index (χ4v) is 2.31. The van der Waals surface area contributed by atoms with Gasteiger partial charge in [-0.05, 0) is 25.7 Å². The van der Waals surface area contributed by atoms with E-state index >= 15 is 0 Å². The van der Waals surface area contributed by atoms with Crippen LogP contribution in [-0.4, -0.2) is 46.4 Å². The van der Waals surface area contributed by atoms with Crippen molar-refractivity contribution >= 4 is 17.8 Å². The Morgan fingerprint density at radius 3 is 2.53 bits per heavy atom. The van der Waals surface area contributed by atoms with E-state index in [2.05, 4.69) is 5.32 Å². The van der Waals surface area contributed by atoms with Crippen LogP contribution >= 0.6 is 0 Å². The number of hydrogen-bond acceptors (Lipinski definition) is 3. The largest absolute Gasteiger partial charge is 0.480 e. The molecular weight excluding hydrogens is 248 g/mol. The van der Waals surface area contributed by atoms with Crippen LogP contribution < -0.4 is 5.32 Å². The summed E-state index contributed by atoms with van der Waals surface area (Å²) < 4.78 is 0. The fourth-order valence-electron chi connectivity index (χ4n) is 2.31. The predicted octanol–water partition coefficient (Wildman–Crippen LogP) is 0.757. The van der Waals surface area contributed by atoms with Crippen LogP contribution in [0.4, 0.5) is 0 Å². The van der Waals surface area contributed by atoms with Crippen molar-refractivity contribution in [2.75, 3.05) is 6.54 Å². The second kappa shape index (κ2) is 7.11. The summed E-state index contributed by atoms with van der Waals surface area (Å²) in [5, 5.41) is 11.5. The molecule has 1 heterocycles. The molecule has 2 atom stereocenters. The summed E-state index contributed by atoms with van der Waals surface area (Å²) in [6.45, 7) is 4.04. The normalized spacial score (nSPS) is 20.7. The molecule has 1 rings (SSSR count). The highest BCUT2D eigenvalue weighted by molar-refractivity contribution is 5.90. The van der Waals surface area contributed by atoms with Crippen molar-refractivity contribution < 1.29 is 19.5 Å². The van der Waals surface area contributed by atoms with Gasteiger partial charge in [-0.2, -0.15) is 0 Å². The van der Waals surface area contributed by atoms with E-state index in [-0.39, 0.29) is 11.8 Å². The number of piperidine rings is 1. The number of carbonyl (C=O) groups excluding carboxylic acids is 2. The molecule has 0 spiro atoms. The van der Waals surface area contributed by atoms with Crippen LogP contribution in [0.3, 0.4) is 0 Å². The molecule has 0 aromatic carbocycles. The van der Waals surface area contributed by atoms with Gasteiger partial charge < -0.3 is 15.3 Å². The second-order valence-corrected chi connectivity index (χ2v) is 4.76. The molecule has 6 heteroatoms. The number of amides is 2. The highest BCUT2D eigenvalue weighted by Crippen LogP contribution is 2.18. The van der Waals surface area contributed by atoms with Crippen molar-refractivity contribution in [2.45, 2.75) is 58.0 Å². The van der Waals surface area contributed by atoms with E-state index in [4.69, 9.17) is 5.11 Å². The summed E-state index contributed by atoms with van der Waals surface area (Å²) in [7, 11) is 0. The van der Waals surface area contributed by atoms with Gasteiger partial charge in [0.1, 0.15) is 12.1 Å². The van der Waals surface area contributed by atoms with Crippen LogP contribution in [0.15, 0.2) is 0 Å². The topological polar surface area (TPSA) is 86.7 Å². The molecule has 19 heavy (non-hydrogen) atoms. The number of carboxylic acid groups (broad SMARTS) is 1. The smallest absolute Gasteiger partial charge is 0.326 e. The zero-order valence-corrected chi connectivity index (χ0v) is 11.5. The Labute approximate surface area is 113 Å². The highest BCUT2D eigenvalue weighted by atomic mass is 16.4. The maximum absolute atomic E-state index is 12.1. The number of aliphatic carboxylic acids is 1. The highest BCUT2D eigenvalue weighted by Gasteiger charge is 2.32. The first-order valence-electron chi connectivity index (χ1n) is 6.83. The lowest BCUT2D eigenvalue weighted by molar-refractivity contribution is -0.145. The Bertz CT molecular complexity index is 357. The first-order valence-corrected chi connectivity index (χ1v) is 6.83. The van der Waals surface area contributed by atoms with Gasteiger partial charge in [0.2, 0.25) is 11.8 Å². The molecule has 1 saturated heterocycles. The van der Waals surface area contributed by atoms with E-state index in [1.165, 1.54) is 0 Å². The molecular formula is C13H22N2O4. The molecule has 2 unspecified atom stereocenters. The van der Waals surface area contributed by atoms with Gasteiger partial charge in [-0.25, -0.2) is 4.79 Å². The van der Waals surface area contributed by atoms with E-state index in [0.717, 1.165) is 12.8 Å². The van der Waals surface area contributed by atoms with E-state index in [1.807, 2.05) is 0 Å². The molecule has 1 fully saturated rings.